The van der Waals surface area contributed by atoms with Crippen molar-refractivity contribution >= 4 is 5.91 Å². The quantitative estimate of drug-likeness (QED) is 0.812. The Hall–Kier alpha value is -1.66. The maximum Gasteiger partial charge on any atom is 0.236 e. The molecule has 1 amide bonds. The lowest BCUT2D eigenvalue weighted by Crippen LogP contribution is -2.44. The Morgan fingerprint density at radius 1 is 1.28 bits per heavy atom. The van der Waals surface area contributed by atoms with Crippen LogP contribution in [0.1, 0.15) is 18.4 Å². The average Bonchev–Trinajstić information content (AvgIpc) is 2.87. The monoisotopic (exact) mass is 349 g/mol. The van der Waals surface area contributed by atoms with Gasteiger partial charge >= 0.3 is 0 Å². The highest BCUT2D eigenvalue weighted by Gasteiger charge is 2.35. The lowest BCUT2D eigenvalue weighted by atomic mass is 9.94. The van der Waals surface area contributed by atoms with Gasteiger partial charge in [0.1, 0.15) is 11.6 Å². The zero-order chi connectivity index (χ0) is 18.0. The number of piperidine rings is 1. The van der Waals surface area contributed by atoms with Gasteiger partial charge in [-0.15, -0.1) is 0 Å². The first-order chi connectivity index (χ1) is 12.0. The highest BCUT2D eigenvalue weighted by Crippen LogP contribution is 2.30. The number of methoxy groups -OCH3 is 1. The van der Waals surface area contributed by atoms with E-state index in [1.54, 1.807) is 38.2 Å². The molecule has 4 rings (SSSR count). The molecule has 2 atom stereocenters. The van der Waals surface area contributed by atoms with Gasteiger partial charge in [0.2, 0.25) is 5.91 Å². The molecule has 3 fully saturated rings. The van der Waals surface area contributed by atoms with E-state index < -0.39 is 0 Å². The summed E-state index contributed by atoms with van der Waals surface area (Å²) in [5.74, 6) is 1.20. The van der Waals surface area contributed by atoms with Crippen molar-refractivity contribution in [2.75, 3.05) is 47.4 Å². The van der Waals surface area contributed by atoms with Gasteiger partial charge in [0.25, 0.3) is 0 Å². The van der Waals surface area contributed by atoms with E-state index in [4.69, 9.17) is 4.74 Å². The van der Waals surface area contributed by atoms with Crippen LogP contribution in [0.5, 0.6) is 5.75 Å². The van der Waals surface area contributed by atoms with Crippen LogP contribution in [0.25, 0.3) is 0 Å². The topological polar surface area (TPSA) is 36.0 Å². The van der Waals surface area contributed by atoms with Gasteiger partial charge in [-0.05, 0) is 37.0 Å². The van der Waals surface area contributed by atoms with E-state index in [0.29, 0.717) is 36.4 Å². The summed E-state index contributed by atoms with van der Waals surface area (Å²) in [6, 6.07) is 5.30. The normalized spacial score (nSPS) is 24.2. The molecular formula is C19H28FN3O2. The molecule has 0 aliphatic carbocycles. The van der Waals surface area contributed by atoms with Crippen LogP contribution >= 0.6 is 0 Å². The van der Waals surface area contributed by atoms with Crippen molar-refractivity contribution in [2.24, 2.45) is 5.92 Å². The number of carbonyl (C=O) groups is 1. The number of hydrogen-bond donors (Lipinski definition) is 0. The van der Waals surface area contributed by atoms with Crippen molar-refractivity contribution in [3.8, 4) is 5.75 Å². The van der Waals surface area contributed by atoms with E-state index in [-0.39, 0.29) is 11.7 Å². The van der Waals surface area contributed by atoms with Crippen LogP contribution in [0.4, 0.5) is 4.39 Å². The minimum atomic E-state index is -0.180. The van der Waals surface area contributed by atoms with Gasteiger partial charge in [-0.25, -0.2) is 4.39 Å². The van der Waals surface area contributed by atoms with Gasteiger partial charge in [-0.1, -0.05) is 0 Å². The van der Waals surface area contributed by atoms with E-state index in [1.807, 2.05) is 0 Å². The molecule has 0 saturated carbocycles. The molecule has 138 valence electrons. The van der Waals surface area contributed by atoms with Crippen LogP contribution in [0.15, 0.2) is 18.2 Å². The molecule has 2 bridgehead atoms. The number of nitrogens with zero attached hydrogens (tertiary/aromatic N) is 3. The van der Waals surface area contributed by atoms with Gasteiger partial charge in [-0.3, -0.25) is 14.6 Å². The number of halogens is 1. The predicted octanol–water partition coefficient (Wildman–Crippen LogP) is 1.82. The van der Waals surface area contributed by atoms with Gasteiger partial charge in [0.05, 0.1) is 13.7 Å². The first kappa shape index (κ1) is 18.1. The third-order valence-electron chi connectivity index (χ3n) is 5.39. The standard InChI is InChI=1S/C19H28FN3O2/c1-21(2)19(24)13-22-9-14-4-5-16(12-22)23(10-14)11-15-8-17(25-3)6-7-18(15)20/h6-8,14,16H,4-5,9-13H2,1-3H3/t14-,16+/m0/s1. The zero-order valence-electron chi connectivity index (χ0n) is 15.4. The summed E-state index contributed by atoms with van der Waals surface area (Å²) in [6.07, 6.45) is 2.30. The van der Waals surface area contributed by atoms with Crippen LogP contribution in [0, 0.1) is 11.7 Å². The number of likely N-dealkylation sites (N-methyl/N-ethyl adjacent to an activating group) is 1. The fourth-order valence-corrected chi connectivity index (χ4v) is 3.95. The summed E-state index contributed by atoms with van der Waals surface area (Å²) in [5, 5.41) is 0. The average molecular weight is 349 g/mol. The summed E-state index contributed by atoms with van der Waals surface area (Å²) >= 11 is 0. The van der Waals surface area contributed by atoms with E-state index in [2.05, 4.69) is 9.80 Å². The molecular weight excluding hydrogens is 321 g/mol. The Morgan fingerprint density at radius 3 is 2.80 bits per heavy atom. The maximum atomic E-state index is 14.2. The molecule has 0 aromatic heterocycles. The van der Waals surface area contributed by atoms with Crippen molar-refractivity contribution in [1.29, 1.82) is 0 Å². The second kappa shape index (κ2) is 7.70. The van der Waals surface area contributed by atoms with Crippen LogP contribution in [-0.4, -0.2) is 74.0 Å². The first-order valence-electron chi connectivity index (χ1n) is 8.95. The summed E-state index contributed by atoms with van der Waals surface area (Å²) in [7, 11) is 5.20. The first-order valence-corrected chi connectivity index (χ1v) is 8.95. The molecule has 3 aliphatic heterocycles. The van der Waals surface area contributed by atoms with Gasteiger partial charge in [0.15, 0.2) is 0 Å². The zero-order valence-corrected chi connectivity index (χ0v) is 15.4. The lowest BCUT2D eigenvalue weighted by molar-refractivity contribution is -0.130. The highest BCUT2D eigenvalue weighted by atomic mass is 19.1. The third kappa shape index (κ3) is 4.30. The molecule has 6 heteroatoms. The fourth-order valence-electron chi connectivity index (χ4n) is 3.95. The number of hydrogen-bond acceptors (Lipinski definition) is 4. The lowest BCUT2D eigenvalue weighted by Gasteiger charge is -2.36. The highest BCUT2D eigenvalue weighted by molar-refractivity contribution is 5.77. The molecule has 0 unspecified atom stereocenters. The van der Waals surface area contributed by atoms with E-state index in [9.17, 15) is 9.18 Å². The number of rotatable bonds is 5. The Morgan fingerprint density at radius 2 is 2.08 bits per heavy atom. The van der Waals surface area contributed by atoms with Crippen molar-refractivity contribution in [3.63, 3.8) is 0 Å². The number of ether oxygens (including phenoxy) is 1. The Bertz CT molecular complexity index is 623. The Balaban J connectivity index is 1.69. The number of fused-ring (bicyclic) bond motifs is 4. The molecule has 0 radical (unpaired) electrons. The molecule has 3 aliphatic rings. The SMILES string of the molecule is COc1ccc(F)c(CN2C[C@H]3CC[C@@H]2CN(CC(=O)N(C)C)C3)c1. The second-order valence-corrected chi connectivity index (χ2v) is 7.47. The van der Waals surface area contributed by atoms with Crippen LogP contribution in [0.3, 0.4) is 0 Å². The van der Waals surface area contributed by atoms with Crippen LogP contribution < -0.4 is 4.74 Å². The van der Waals surface area contributed by atoms with Gasteiger partial charge < -0.3 is 9.64 Å². The van der Waals surface area contributed by atoms with Gasteiger partial charge in [0, 0.05) is 51.9 Å². The summed E-state index contributed by atoms with van der Waals surface area (Å²) in [4.78, 5) is 18.4. The van der Waals surface area contributed by atoms with Gasteiger partial charge in [-0.2, -0.15) is 0 Å². The van der Waals surface area contributed by atoms with Crippen molar-refractivity contribution in [1.82, 2.24) is 14.7 Å². The molecule has 3 saturated heterocycles. The predicted molar refractivity (Wildman–Crippen MR) is 95.0 cm³/mol. The maximum absolute atomic E-state index is 14.2. The van der Waals surface area contributed by atoms with Crippen molar-refractivity contribution in [2.45, 2.75) is 25.4 Å². The summed E-state index contributed by atoms with van der Waals surface area (Å²) in [5.41, 5.74) is 0.683. The van der Waals surface area contributed by atoms with E-state index in [1.165, 1.54) is 12.5 Å². The summed E-state index contributed by atoms with van der Waals surface area (Å²) < 4.78 is 19.4. The van der Waals surface area contributed by atoms with E-state index >= 15 is 0 Å². The number of benzene rings is 1. The van der Waals surface area contributed by atoms with Crippen molar-refractivity contribution < 1.29 is 13.9 Å². The van der Waals surface area contributed by atoms with Crippen LogP contribution in [-0.2, 0) is 11.3 Å². The van der Waals surface area contributed by atoms with Crippen molar-refractivity contribution in [3.05, 3.63) is 29.6 Å². The Labute approximate surface area is 149 Å². The molecule has 5 nitrogen and oxygen atoms in total. The Kier molecular flexibility index (Phi) is 5.59. The molecule has 1 aromatic carbocycles. The molecule has 3 heterocycles. The minimum Gasteiger partial charge on any atom is -0.497 e. The molecule has 25 heavy (non-hydrogen) atoms. The number of carbonyl (C=O) groups excluding carboxylic acids is 1. The summed E-state index contributed by atoms with van der Waals surface area (Å²) in [6.45, 7) is 3.86. The number of amides is 1. The fraction of sp³-hybridized carbons (Fsp3) is 0.632. The van der Waals surface area contributed by atoms with Crippen LogP contribution in [0.2, 0.25) is 0 Å². The second-order valence-electron chi connectivity index (χ2n) is 7.47. The molecule has 0 N–H and O–H groups in total. The molecule has 1 aromatic rings. The molecule has 0 spiro atoms. The minimum absolute atomic E-state index is 0.145. The largest absolute Gasteiger partial charge is 0.497 e. The third-order valence-corrected chi connectivity index (χ3v) is 5.39. The van der Waals surface area contributed by atoms with E-state index in [0.717, 1.165) is 26.1 Å². The smallest absolute Gasteiger partial charge is 0.236 e.